The number of aryl methyl sites for hydroxylation is 3. The Morgan fingerprint density at radius 1 is 1.18 bits per heavy atom. The zero-order valence-electron chi connectivity index (χ0n) is 19.4. The van der Waals surface area contributed by atoms with Crippen molar-refractivity contribution in [2.45, 2.75) is 63.5 Å². The third-order valence-corrected chi connectivity index (χ3v) is 6.96. The second-order valence-electron chi connectivity index (χ2n) is 8.21. The van der Waals surface area contributed by atoms with Crippen molar-refractivity contribution in [3.63, 3.8) is 0 Å². The van der Waals surface area contributed by atoms with Crippen LogP contribution < -0.4 is 21.1 Å². The molecule has 34 heavy (non-hydrogen) atoms. The number of nitrogens with two attached hydrogens (primary N) is 1. The van der Waals surface area contributed by atoms with Crippen LogP contribution in [-0.2, 0) is 24.4 Å². The largest absolute Gasteiger partial charge is 0.480 e. The van der Waals surface area contributed by atoms with Crippen LogP contribution in [0, 0.1) is 20.8 Å². The molecule has 1 aromatic carbocycles. The molecule has 0 aliphatic carbocycles. The van der Waals surface area contributed by atoms with Crippen LogP contribution in [0.1, 0.15) is 42.4 Å². The Hall–Kier alpha value is -3.19. The Morgan fingerprint density at radius 2 is 1.82 bits per heavy atom. The van der Waals surface area contributed by atoms with E-state index in [2.05, 4.69) is 20.5 Å². The lowest BCUT2D eigenvalue weighted by atomic mass is 10.1. The smallest absolute Gasteiger partial charge is 0.323 e. The molecule has 2 rings (SSSR count). The summed E-state index contributed by atoms with van der Waals surface area (Å²) in [6, 6.07) is 1.22. The van der Waals surface area contributed by atoms with Gasteiger partial charge in [-0.15, -0.1) is 0 Å². The van der Waals surface area contributed by atoms with Crippen molar-refractivity contribution in [3.8, 4) is 0 Å². The van der Waals surface area contributed by atoms with E-state index in [-0.39, 0.29) is 23.1 Å². The summed E-state index contributed by atoms with van der Waals surface area (Å²) in [4.78, 5) is 39.9. The minimum atomic E-state index is -4.15. The summed E-state index contributed by atoms with van der Waals surface area (Å²) < 4.78 is 27.9. The van der Waals surface area contributed by atoms with Gasteiger partial charge in [0.15, 0.2) is 0 Å². The SMILES string of the molecule is Cc1cc(C)c(S(=O)(=O)NC(CNC(=O)C2=NOC(CCCCNC(N)=O)C2)C(=O)O)c(C)c1. The summed E-state index contributed by atoms with van der Waals surface area (Å²) in [5.41, 5.74) is 6.95. The van der Waals surface area contributed by atoms with Gasteiger partial charge in [-0.3, -0.25) is 9.59 Å². The van der Waals surface area contributed by atoms with Gasteiger partial charge in [0.05, 0.1) is 4.90 Å². The molecule has 2 atom stereocenters. The second-order valence-corrected chi connectivity index (χ2v) is 9.86. The van der Waals surface area contributed by atoms with Gasteiger partial charge in [0.1, 0.15) is 17.9 Å². The van der Waals surface area contributed by atoms with Gasteiger partial charge >= 0.3 is 12.0 Å². The highest BCUT2D eigenvalue weighted by Gasteiger charge is 2.30. The van der Waals surface area contributed by atoms with Gasteiger partial charge < -0.3 is 26.3 Å². The first kappa shape index (κ1) is 27.1. The number of carbonyl (C=O) groups is 3. The van der Waals surface area contributed by atoms with Crippen molar-refractivity contribution in [1.82, 2.24) is 15.4 Å². The Balaban J connectivity index is 1.90. The molecule has 1 aromatic rings. The Kier molecular flexibility index (Phi) is 9.38. The Morgan fingerprint density at radius 3 is 2.41 bits per heavy atom. The number of oxime groups is 1. The lowest BCUT2D eigenvalue weighted by Gasteiger charge is -2.18. The first-order valence-corrected chi connectivity index (χ1v) is 12.3. The number of aliphatic carboxylic acids is 1. The molecule has 0 radical (unpaired) electrons. The monoisotopic (exact) mass is 497 g/mol. The van der Waals surface area contributed by atoms with E-state index in [1.807, 2.05) is 6.92 Å². The maximum Gasteiger partial charge on any atom is 0.323 e. The van der Waals surface area contributed by atoms with E-state index in [4.69, 9.17) is 10.6 Å². The number of primary amides is 1. The van der Waals surface area contributed by atoms with Crippen molar-refractivity contribution in [1.29, 1.82) is 0 Å². The summed E-state index contributed by atoms with van der Waals surface area (Å²) in [5, 5.41) is 18.1. The molecular formula is C21H31N5O7S. The first-order valence-electron chi connectivity index (χ1n) is 10.8. The van der Waals surface area contributed by atoms with Crippen molar-refractivity contribution in [2.75, 3.05) is 13.1 Å². The first-order chi connectivity index (χ1) is 15.9. The molecule has 0 saturated carbocycles. The number of hydrogen-bond acceptors (Lipinski definition) is 7. The van der Waals surface area contributed by atoms with E-state index in [1.165, 1.54) is 0 Å². The predicted octanol–water partition coefficient (Wildman–Crippen LogP) is 0.443. The van der Waals surface area contributed by atoms with Crippen molar-refractivity contribution in [3.05, 3.63) is 28.8 Å². The maximum absolute atomic E-state index is 12.9. The van der Waals surface area contributed by atoms with Crippen LogP contribution in [-0.4, -0.2) is 62.4 Å². The molecule has 2 unspecified atom stereocenters. The van der Waals surface area contributed by atoms with Crippen molar-refractivity contribution >= 4 is 33.6 Å². The fourth-order valence-corrected chi connectivity index (χ4v) is 5.38. The number of carboxylic acid groups (broad SMARTS) is 1. The predicted molar refractivity (Wildman–Crippen MR) is 124 cm³/mol. The molecule has 188 valence electrons. The number of benzene rings is 1. The maximum atomic E-state index is 12.9. The van der Waals surface area contributed by atoms with Gasteiger partial charge in [-0.2, -0.15) is 4.72 Å². The van der Waals surface area contributed by atoms with E-state index in [0.29, 0.717) is 30.5 Å². The van der Waals surface area contributed by atoms with Crippen LogP contribution in [0.4, 0.5) is 4.79 Å². The van der Waals surface area contributed by atoms with Crippen molar-refractivity contribution < 1.29 is 32.7 Å². The number of carbonyl (C=O) groups excluding carboxylic acids is 2. The van der Waals surface area contributed by atoms with E-state index >= 15 is 0 Å². The number of rotatable bonds is 12. The number of carboxylic acids is 1. The van der Waals surface area contributed by atoms with Gasteiger partial charge in [-0.1, -0.05) is 22.9 Å². The molecule has 1 aliphatic rings. The number of sulfonamides is 1. The Labute approximate surface area is 198 Å². The number of urea groups is 1. The molecule has 0 aromatic heterocycles. The highest BCUT2D eigenvalue weighted by atomic mass is 32.2. The lowest BCUT2D eigenvalue weighted by Crippen LogP contribution is -2.49. The number of nitrogens with one attached hydrogen (secondary N) is 3. The average molecular weight is 498 g/mol. The molecule has 0 fully saturated rings. The molecule has 13 heteroatoms. The van der Waals surface area contributed by atoms with E-state index in [1.54, 1.807) is 26.0 Å². The number of hydrogen-bond donors (Lipinski definition) is 5. The van der Waals surface area contributed by atoms with E-state index < -0.39 is 40.5 Å². The minimum Gasteiger partial charge on any atom is -0.480 e. The zero-order valence-corrected chi connectivity index (χ0v) is 20.2. The van der Waals surface area contributed by atoms with Gasteiger partial charge in [0.25, 0.3) is 5.91 Å². The van der Waals surface area contributed by atoms with Crippen LogP contribution in [0.15, 0.2) is 22.2 Å². The molecule has 1 aliphatic heterocycles. The minimum absolute atomic E-state index is 0.0121. The molecule has 12 nitrogen and oxygen atoms in total. The standard InChI is InChI=1S/C21H31N5O7S/c1-12-8-13(2)18(14(3)9-12)34(31,32)26-17(20(28)29)11-24-19(27)16-10-15(33-25-16)6-4-5-7-23-21(22)30/h8-9,15,17,26H,4-7,10-11H2,1-3H3,(H,24,27)(H,28,29)(H3,22,23,30). The van der Waals surface area contributed by atoms with E-state index in [0.717, 1.165) is 12.0 Å². The second kappa shape index (κ2) is 11.8. The average Bonchev–Trinajstić information content (AvgIpc) is 3.18. The van der Waals surface area contributed by atoms with Crippen LogP contribution in [0.25, 0.3) is 0 Å². The highest BCUT2D eigenvalue weighted by Crippen LogP contribution is 2.22. The zero-order chi connectivity index (χ0) is 25.5. The third kappa shape index (κ3) is 7.70. The lowest BCUT2D eigenvalue weighted by molar-refractivity contribution is -0.138. The molecule has 1 heterocycles. The molecule has 0 saturated heterocycles. The molecule has 6 N–H and O–H groups in total. The fourth-order valence-electron chi connectivity index (χ4n) is 3.74. The third-order valence-electron chi connectivity index (χ3n) is 5.18. The fraction of sp³-hybridized carbons (Fsp3) is 0.524. The van der Waals surface area contributed by atoms with Gasteiger partial charge in [-0.05, 0) is 51.2 Å². The number of amides is 3. The van der Waals surface area contributed by atoms with Crippen LogP contribution in [0.2, 0.25) is 0 Å². The molecule has 3 amide bonds. The van der Waals surface area contributed by atoms with Gasteiger partial charge in [0, 0.05) is 19.5 Å². The number of unbranched alkanes of at least 4 members (excludes halogenated alkanes) is 1. The van der Waals surface area contributed by atoms with Crippen LogP contribution in [0.5, 0.6) is 0 Å². The normalized spacial score (nSPS) is 16.3. The molecule has 0 spiro atoms. The molecule has 0 bridgehead atoms. The molecular weight excluding hydrogens is 466 g/mol. The van der Waals surface area contributed by atoms with Gasteiger partial charge in [0.2, 0.25) is 10.0 Å². The van der Waals surface area contributed by atoms with Crippen molar-refractivity contribution in [2.24, 2.45) is 10.9 Å². The van der Waals surface area contributed by atoms with Crippen LogP contribution in [0.3, 0.4) is 0 Å². The topological polar surface area (TPSA) is 189 Å². The Bertz CT molecular complexity index is 1050. The highest BCUT2D eigenvalue weighted by molar-refractivity contribution is 7.89. The van der Waals surface area contributed by atoms with Gasteiger partial charge in [-0.25, -0.2) is 13.2 Å². The summed E-state index contributed by atoms with van der Waals surface area (Å²) in [7, 11) is -4.15. The summed E-state index contributed by atoms with van der Waals surface area (Å²) in [6.07, 6.45) is 1.94. The van der Waals surface area contributed by atoms with Crippen LogP contribution >= 0.6 is 0 Å². The summed E-state index contributed by atoms with van der Waals surface area (Å²) in [6.45, 7) is 5.06. The quantitative estimate of drug-likeness (QED) is 0.259. The number of nitrogens with zero attached hydrogens (tertiary/aromatic N) is 1. The van der Waals surface area contributed by atoms with E-state index in [9.17, 15) is 27.9 Å². The summed E-state index contributed by atoms with van der Waals surface area (Å²) in [5.74, 6) is -2.07. The summed E-state index contributed by atoms with van der Waals surface area (Å²) >= 11 is 0.